The van der Waals surface area contributed by atoms with Gasteiger partial charge in [-0.15, -0.1) is 0 Å². The maximum absolute atomic E-state index is 11.1. The number of rotatable bonds is 4. The summed E-state index contributed by atoms with van der Waals surface area (Å²) in [6.45, 7) is 8.59. The van der Waals surface area contributed by atoms with E-state index in [0.29, 0.717) is 6.42 Å². The molecule has 0 saturated carbocycles. The van der Waals surface area contributed by atoms with Crippen LogP contribution in [-0.2, 0) is 30.7 Å². The maximum atomic E-state index is 11.1. The van der Waals surface area contributed by atoms with E-state index in [0.717, 1.165) is 0 Å². The van der Waals surface area contributed by atoms with Crippen molar-refractivity contribution in [3.63, 3.8) is 0 Å². The number of carbonyl (C=O) groups excluding carboxylic acids is 2. The van der Waals surface area contributed by atoms with Crippen molar-refractivity contribution in [2.45, 2.75) is 33.2 Å². The molecule has 0 aliphatic rings. The summed E-state index contributed by atoms with van der Waals surface area (Å²) in [6.07, 6.45) is 0.633. The predicted octanol–water partition coefficient (Wildman–Crippen LogP) is 0.938. The first-order chi connectivity index (χ1) is 5.49. The molecule has 13 heavy (non-hydrogen) atoms. The van der Waals surface area contributed by atoms with Crippen LogP contribution in [-0.4, -0.2) is 17.7 Å². The molecule has 0 radical (unpaired) electrons. The molecule has 2 atom stereocenters. The first-order valence-electron chi connectivity index (χ1n) is 4.13. The molecule has 1 amide bonds. The number of carbonyl (C=O) groups is 2. The number of nitrogens with one attached hydrogen (secondary N) is 1. The van der Waals surface area contributed by atoms with Gasteiger partial charge in [-0.25, -0.2) is 0 Å². The van der Waals surface area contributed by atoms with Crippen LogP contribution in [0, 0.1) is 12.8 Å². The minimum Gasteiger partial charge on any atom is -0.348 e. The van der Waals surface area contributed by atoms with E-state index in [9.17, 15) is 9.59 Å². The quantitative estimate of drug-likeness (QED) is 0.764. The fraction of sp³-hybridized carbons (Fsp3) is 0.667. The molecule has 4 heteroatoms. The Bertz CT molecular complexity index is 180. The van der Waals surface area contributed by atoms with Gasteiger partial charge >= 0.3 is 0 Å². The van der Waals surface area contributed by atoms with Gasteiger partial charge < -0.3 is 12.2 Å². The average molecular weight is 354 g/mol. The number of Topliss-reactive ketones (excluding diaryl/α,β-unsaturated/α-hetero) is 1. The largest absolute Gasteiger partial charge is 0.348 e. The van der Waals surface area contributed by atoms with Crippen molar-refractivity contribution in [3.05, 3.63) is 6.92 Å². The number of amides is 1. The first-order valence-corrected chi connectivity index (χ1v) is 4.13. The van der Waals surface area contributed by atoms with Gasteiger partial charge in [0.1, 0.15) is 0 Å². The van der Waals surface area contributed by atoms with Gasteiger partial charge in [-0.05, 0) is 13.3 Å². The van der Waals surface area contributed by atoms with Crippen molar-refractivity contribution < 1.29 is 30.7 Å². The normalized spacial score (nSPS) is 13.8. The van der Waals surface area contributed by atoms with Crippen LogP contribution in [0.4, 0.5) is 0 Å². The summed E-state index contributed by atoms with van der Waals surface area (Å²) in [6, 6.07) is -0.346. The number of hydrogen-bond acceptors (Lipinski definition) is 2. The summed E-state index contributed by atoms with van der Waals surface area (Å²) in [4.78, 5) is 22.0. The first kappa shape index (κ1) is 15.3. The Labute approximate surface area is 93.9 Å². The van der Waals surface area contributed by atoms with Crippen molar-refractivity contribution in [3.8, 4) is 0 Å². The van der Waals surface area contributed by atoms with E-state index in [1.807, 2.05) is 6.92 Å². The topological polar surface area (TPSA) is 46.2 Å². The van der Waals surface area contributed by atoms with Crippen LogP contribution in [0.25, 0.3) is 0 Å². The third kappa shape index (κ3) is 5.98. The van der Waals surface area contributed by atoms with Gasteiger partial charge in [0.2, 0.25) is 0 Å². The average Bonchev–Trinajstić information content (AvgIpc) is 1.98. The zero-order valence-corrected chi connectivity index (χ0v) is 11.2. The van der Waals surface area contributed by atoms with E-state index >= 15 is 0 Å². The standard InChI is InChI=1S/C9H16NO2.W/c1-5-8(7(4)11)10-9(12)6(2)3;/h6,8H,2,5H2,1,3-4H3,(H,10,12);/q-1;. The summed E-state index contributed by atoms with van der Waals surface area (Å²) in [5.74, 6) is -0.484. The zero-order valence-electron chi connectivity index (χ0n) is 8.29. The van der Waals surface area contributed by atoms with Crippen molar-refractivity contribution in [2.75, 3.05) is 0 Å². The Balaban J connectivity index is 0. The summed E-state index contributed by atoms with van der Waals surface area (Å²) in [5.41, 5.74) is 0. The second-order valence-corrected chi connectivity index (χ2v) is 2.98. The Morgan fingerprint density at radius 1 is 1.46 bits per heavy atom. The summed E-state index contributed by atoms with van der Waals surface area (Å²) in [5, 5.41) is 2.61. The van der Waals surface area contributed by atoms with E-state index in [-0.39, 0.29) is 44.7 Å². The molecule has 0 aromatic rings. The van der Waals surface area contributed by atoms with Crippen LogP contribution in [0.5, 0.6) is 0 Å². The molecule has 0 aliphatic carbocycles. The van der Waals surface area contributed by atoms with Gasteiger partial charge in [0.25, 0.3) is 0 Å². The molecular formula is C9H16NO2W-. The molecule has 0 heterocycles. The van der Waals surface area contributed by atoms with Crippen LogP contribution in [0.1, 0.15) is 27.2 Å². The molecule has 0 aromatic heterocycles. The molecule has 76 valence electrons. The third-order valence-electron chi connectivity index (χ3n) is 1.66. The third-order valence-corrected chi connectivity index (χ3v) is 1.66. The molecule has 0 bridgehead atoms. The van der Waals surface area contributed by atoms with Crippen molar-refractivity contribution in [2.24, 2.45) is 5.92 Å². The van der Waals surface area contributed by atoms with Gasteiger partial charge in [0.05, 0.1) is 6.04 Å². The van der Waals surface area contributed by atoms with Gasteiger partial charge in [-0.1, -0.05) is 19.8 Å². The maximum Gasteiger partial charge on any atom is 0.193 e. The van der Waals surface area contributed by atoms with E-state index in [4.69, 9.17) is 0 Å². The predicted molar refractivity (Wildman–Crippen MR) is 47.4 cm³/mol. The van der Waals surface area contributed by atoms with Gasteiger partial charge in [0.15, 0.2) is 11.7 Å². The molecule has 1 N–H and O–H groups in total. The fourth-order valence-electron chi connectivity index (χ4n) is 0.805. The number of ketones is 1. The fourth-order valence-corrected chi connectivity index (χ4v) is 0.805. The molecule has 0 saturated heterocycles. The number of hydrogen-bond donors (Lipinski definition) is 1. The Kier molecular flexibility index (Phi) is 8.54. The Morgan fingerprint density at radius 3 is 2.15 bits per heavy atom. The van der Waals surface area contributed by atoms with E-state index in [1.54, 1.807) is 6.92 Å². The van der Waals surface area contributed by atoms with Crippen LogP contribution in [0.3, 0.4) is 0 Å². The van der Waals surface area contributed by atoms with Gasteiger partial charge in [0, 0.05) is 21.1 Å². The van der Waals surface area contributed by atoms with Crippen LogP contribution in [0.2, 0.25) is 0 Å². The minimum atomic E-state index is -0.346. The van der Waals surface area contributed by atoms with Gasteiger partial charge in [-0.2, -0.15) is 0 Å². The van der Waals surface area contributed by atoms with Crippen LogP contribution in [0.15, 0.2) is 0 Å². The second-order valence-electron chi connectivity index (χ2n) is 2.98. The Morgan fingerprint density at radius 2 is 1.92 bits per heavy atom. The Hall–Kier alpha value is -0.172. The molecule has 3 nitrogen and oxygen atoms in total. The van der Waals surface area contributed by atoms with E-state index in [2.05, 4.69) is 12.2 Å². The van der Waals surface area contributed by atoms with Crippen LogP contribution < -0.4 is 5.32 Å². The van der Waals surface area contributed by atoms with E-state index in [1.165, 1.54) is 6.92 Å². The summed E-state index contributed by atoms with van der Waals surface area (Å²) >= 11 is 0. The zero-order chi connectivity index (χ0) is 9.72. The van der Waals surface area contributed by atoms with Crippen molar-refractivity contribution in [1.29, 1.82) is 0 Å². The summed E-state index contributed by atoms with van der Waals surface area (Å²) < 4.78 is 0. The summed E-state index contributed by atoms with van der Waals surface area (Å²) in [7, 11) is 0. The van der Waals surface area contributed by atoms with Crippen LogP contribution >= 0.6 is 0 Å². The molecule has 0 aromatic carbocycles. The molecular weight excluding hydrogens is 338 g/mol. The SMILES string of the molecule is [CH2-]C(C)C(=O)NC(CC)C(C)=O.[W]. The van der Waals surface area contributed by atoms with Crippen molar-refractivity contribution in [1.82, 2.24) is 5.32 Å². The molecule has 0 spiro atoms. The molecule has 2 unspecified atom stereocenters. The monoisotopic (exact) mass is 354 g/mol. The molecule has 0 fully saturated rings. The van der Waals surface area contributed by atoms with Crippen molar-refractivity contribution >= 4 is 11.7 Å². The van der Waals surface area contributed by atoms with E-state index < -0.39 is 0 Å². The molecule has 0 rings (SSSR count). The van der Waals surface area contributed by atoms with Gasteiger partial charge in [-0.3, -0.25) is 9.59 Å². The smallest absolute Gasteiger partial charge is 0.193 e. The minimum absolute atomic E-state index is 0. The second kappa shape index (κ2) is 7.25. The molecule has 0 aliphatic heterocycles.